The number of rotatable bonds is 5. The number of hydrogen-bond acceptors (Lipinski definition) is 2. The maximum Gasteiger partial charge on any atom is 0.223 e. The minimum Gasteiger partial charge on any atom is -0.370 e. The number of hydrogen-bond donors (Lipinski definition) is 1. The summed E-state index contributed by atoms with van der Waals surface area (Å²) in [7, 11) is 2.09. The normalized spacial score (nSPS) is 28.4. The van der Waals surface area contributed by atoms with Gasteiger partial charge in [-0.15, -0.1) is 0 Å². The van der Waals surface area contributed by atoms with Gasteiger partial charge in [-0.3, -0.25) is 4.79 Å². The van der Waals surface area contributed by atoms with Crippen molar-refractivity contribution in [3.8, 4) is 0 Å². The van der Waals surface area contributed by atoms with E-state index < -0.39 is 0 Å². The van der Waals surface area contributed by atoms with Gasteiger partial charge in [-0.2, -0.15) is 0 Å². The van der Waals surface area contributed by atoms with Gasteiger partial charge < -0.3 is 10.2 Å². The van der Waals surface area contributed by atoms with Gasteiger partial charge in [0.25, 0.3) is 0 Å². The summed E-state index contributed by atoms with van der Waals surface area (Å²) >= 11 is 0. The molecule has 3 rings (SSSR count). The van der Waals surface area contributed by atoms with E-state index in [0.29, 0.717) is 12.0 Å². The minimum atomic E-state index is 0.288. The van der Waals surface area contributed by atoms with Crippen LogP contribution in [0.2, 0.25) is 0 Å². The zero-order valence-corrected chi connectivity index (χ0v) is 13.1. The van der Waals surface area contributed by atoms with E-state index in [2.05, 4.69) is 36.3 Å². The van der Waals surface area contributed by atoms with E-state index in [1.54, 1.807) is 0 Å². The number of anilines is 1. The Labute approximate surface area is 127 Å². The van der Waals surface area contributed by atoms with E-state index >= 15 is 0 Å². The molecular formula is C18H26N2O. The fraction of sp³-hybridized carbons (Fsp3) is 0.611. The van der Waals surface area contributed by atoms with Crippen molar-refractivity contribution in [2.75, 3.05) is 18.5 Å². The summed E-state index contributed by atoms with van der Waals surface area (Å²) in [6.45, 7) is 2.88. The summed E-state index contributed by atoms with van der Waals surface area (Å²) in [5, 5.41) is 3.18. The van der Waals surface area contributed by atoms with Crippen molar-refractivity contribution in [1.29, 1.82) is 0 Å². The molecule has 3 nitrogen and oxygen atoms in total. The molecule has 0 spiro atoms. The Balaban J connectivity index is 1.49. The van der Waals surface area contributed by atoms with Crippen LogP contribution in [0.4, 0.5) is 5.69 Å². The molecule has 1 amide bonds. The predicted molar refractivity (Wildman–Crippen MR) is 86.3 cm³/mol. The summed E-state index contributed by atoms with van der Waals surface area (Å²) in [5.41, 5.74) is 1.19. The number of nitrogens with zero attached hydrogens (tertiary/aromatic N) is 1. The number of carbonyl (C=O) groups excluding carboxylic acids is 1. The van der Waals surface area contributed by atoms with Crippen molar-refractivity contribution in [2.45, 2.75) is 38.6 Å². The molecule has 4 atom stereocenters. The third-order valence-electron chi connectivity index (χ3n) is 5.47. The Morgan fingerprint density at radius 2 is 2.05 bits per heavy atom. The van der Waals surface area contributed by atoms with Gasteiger partial charge in [0.05, 0.1) is 0 Å². The van der Waals surface area contributed by atoms with Crippen LogP contribution in [0.1, 0.15) is 32.6 Å². The zero-order chi connectivity index (χ0) is 14.8. The quantitative estimate of drug-likeness (QED) is 0.902. The molecule has 3 heteroatoms. The lowest BCUT2D eigenvalue weighted by atomic mass is 9.88. The van der Waals surface area contributed by atoms with Gasteiger partial charge >= 0.3 is 0 Å². The highest BCUT2D eigenvalue weighted by molar-refractivity contribution is 5.79. The number of benzene rings is 1. The van der Waals surface area contributed by atoms with Crippen molar-refractivity contribution < 1.29 is 4.79 Å². The van der Waals surface area contributed by atoms with E-state index in [9.17, 15) is 4.79 Å². The fourth-order valence-electron chi connectivity index (χ4n) is 4.00. The second kappa shape index (κ2) is 6.08. The average molecular weight is 286 g/mol. The molecule has 0 aromatic heterocycles. The lowest BCUT2D eigenvalue weighted by Crippen LogP contribution is -2.43. The van der Waals surface area contributed by atoms with Gasteiger partial charge in [-0.1, -0.05) is 24.6 Å². The number of fused-ring (bicyclic) bond motifs is 2. The first-order valence-electron chi connectivity index (χ1n) is 8.20. The first kappa shape index (κ1) is 14.4. The van der Waals surface area contributed by atoms with Crippen LogP contribution in [0.5, 0.6) is 0 Å². The minimum absolute atomic E-state index is 0.288. The van der Waals surface area contributed by atoms with Gasteiger partial charge in [0, 0.05) is 31.2 Å². The van der Waals surface area contributed by atoms with Crippen molar-refractivity contribution in [3.05, 3.63) is 30.3 Å². The molecule has 1 aromatic rings. The first-order chi connectivity index (χ1) is 10.1. The number of likely N-dealkylation sites (N-methyl/N-ethyl adjacent to an activating group) is 1. The van der Waals surface area contributed by atoms with Gasteiger partial charge in [0.15, 0.2) is 0 Å². The average Bonchev–Trinajstić information content (AvgIpc) is 3.15. The molecule has 0 unspecified atom stereocenters. The van der Waals surface area contributed by atoms with Crippen LogP contribution in [0.3, 0.4) is 0 Å². The summed E-state index contributed by atoms with van der Waals surface area (Å²) in [4.78, 5) is 14.6. The predicted octanol–water partition coefficient (Wildman–Crippen LogP) is 3.06. The number of amides is 1. The molecule has 0 aliphatic heterocycles. The summed E-state index contributed by atoms with van der Waals surface area (Å²) in [6.07, 6.45) is 5.03. The highest BCUT2D eigenvalue weighted by Crippen LogP contribution is 2.48. The van der Waals surface area contributed by atoms with Crippen LogP contribution in [-0.2, 0) is 4.79 Å². The monoisotopic (exact) mass is 286 g/mol. The topological polar surface area (TPSA) is 32.3 Å². The Hall–Kier alpha value is -1.51. The Morgan fingerprint density at radius 3 is 2.67 bits per heavy atom. The summed E-state index contributed by atoms with van der Waals surface area (Å²) in [6, 6.07) is 10.6. The SMILES string of the molecule is C[C@H](CNC(=O)[C@@H]1C[C@@H]2CC[C@@H]1C2)N(C)c1ccccc1. The molecule has 0 heterocycles. The number of carbonyl (C=O) groups is 1. The van der Waals surface area contributed by atoms with Crippen LogP contribution >= 0.6 is 0 Å². The van der Waals surface area contributed by atoms with E-state index in [1.807, 2.05) is 18.2 Å². The van der Waals surface area contributed by atoms with Crippen molar-refractivity contribution >= 4 is 11.6 Å². The van der Waals surface area contributed by atoms with Crippen molar-refractivity contribution in [3.63, 3.8) is 0 Å². The van der Waals surface area contributed by atoms with E-state index in [1.165, 1.54) is 24.9 Å². The van der Waals surface area contributed by atoms with Gasteiger partial charge in [-0.05, 0) is 50.2 Å². The molecule has 0 radical (unpaired) electrons. The van der Waals surface area contributed by atoms with Crippen LogP contribution in [0.25, 0.3) is 0 Å². The Kier molecular flexibility index (Phi) is 4.18. The van der Waals surface area contributed by atoms with Crippen molar-refractivity contribution in [1.82, 2.24) is 5.32 Å². The summed E-state index contributed by atoms with van der Waals surface area (Å²) in [5.74, 6) is 2.07. The highest BCUT2D eigenvalue weighted by Gasteiger charge is 2.42. The lowest BCUT2D eigenvalue weighted by molar-refractivity contribution is -0.126. The maximum absolute atomic E-state index is 12.4. The van der Waals surface area contributed by atoms with Crippen LogP contribution in [-0.4, -0.2) is 25.5 Å². The molecule has 2 fully saturated rings. The summed E-state index contributed by atoms with van der Waals surface area (Å²) < 4.78 is 0. The highest BCUT2D eigenvalue weighted by atomic mass is 16.1. The third kappa shape index (κ3) is 3.07. The van der Waals surface area contributed by atoms with E-state index in [0.717, 1.165) is 18.9 Å². The Morgan fingerprint density at radius 1 is 1.29 bits per heavy atom. The van der Waals surface area contributed by atoms with Gasteiger partial charge in [0.2, 0.25) is 5.91 Å². The molecule has 2 saturated carbocycles. The smallest absolute Gasteiger partial charge is 0.223 e. The molecular weight excluding hydrogens is 260 g/mol. The second-order valence-electron chi connectivity index (χ2n) is 6.82. The zero-order valence-electron chi connectivity index (χ0n) is 13.1. The molecule has 2 bridgehead atoms. The molecule has 2 aliphatic rings. The van der Waals surface area contributed by atoms with E-state index in [-0.39, 0.29) is 11.8 Å². The second-order valence-corrected chi connectivity index (χ2v) is 6.82. The van der Waals surface area contributed by atoms with Gasteiger partial charge in [-0.25, -0.2) is 0 Å². The standard InChI is InChI=1S/C18H26N2O/c1-13(20(2)16-6-4-3-5-7-16)12-19-18(21)17-11-14-8-9-15(17)10-14/h3-7,13-15,17H,8-12H2,1-2H3,(H,19,21)/t13-,14-,15-,17-/m1/s1. The van der Waals surface area contributed by atoms with Crippen LogP contribution in [0.15, 0.2) is 30.3 Å². The molecule has 1 aromatic carbocycles. The lowest BCUT2D eigenvalue weighted by Gasteiger charge is -2.28. The maximum atomic E-state index is 12.4. The van der Waals surface area contributed by atoms with Crippen LogP contribution in [0, 0.1) is 17.8 Å². The van der Waals surface area contributed by atoms with E-state index in [4.69, 9.17) is 0 Å². The van der Waals surface area contributed by atoms with Crippen LogP contribution < -0.4 is 10.2 Å². The molecule has 0 saturated heterocycles. The molecule has 114 valence electrons. The third-order valence-corrected chi connectivity index (χ3v) is 5.47. The molecule has 21 heavy (non-hydrogen) atoms. The Bertz CT molecular complexity index is 487. The van der Waals surface area contributed by atoms with Crippen molar-refractivity contribution in [2.24, 2.45) is 17.8 Å². The largest absolute Gasteiger partial charge is 0.370 e. The van der Waals surface area contributed by atoms with Gasteiger partial charge in [0.1, 0.15) is 0 Å². The number of nitrogens with one attached hydrogen (secondary N) is 1. The molecule has 1 N–H and O–H groups in total. The fourth-order valence-corrected chi connectivity index (χ4v) is 4.00. The molecule has 2 aliphatic carbocycles. The first-order valence-corrected chi connectivity index (χ1v) is 8.20. The number of para-hydroxylation sites is 1.